The molecule has 1 aromatic heterocycles. The molecule has 2 aliphatic rings. The molecular weight excluding hydrogens is 463 g/mol. The molecule has 11 heteroatoms. The lowest BCUT2D eigenvalue weighted by Crippen LogP contribution is -2.43. The topological polar surface area (TPSA) is 79.7 Å². The predicted octanol–water partition coefficient (Wildman–Crippen LogP) is 3.30. The van der Waals surface area contributed by atoms with Crippen molar-refractivity contribution in [2.75, 3.05) is 49.6 Å². The fourth-order valence-electron chi connectivity index (χ4n) is 4.59. The van der Waals surface area contributed by atoms with Gasteiger partial charge in [-0.2, -0.15) is 13.2 Å². The third-order valence-electron chi connectivity index (χ3n) is 6.31. The number of nitrogens with one attached hydrogen (secondary N) is 1. The number of morpholine rings is 1. The van der Waals surface area contributed by atoms with Crippen molar-refractivity contribution in [3.63, 3.8) is 0 Å². The second kappa shape index (κ2) is 9.31. The number of hydrogen-bond acceptors (Lipinski definition) is 5. The van der Waals surface area contributed by atoms with Gasteiger partial charge >= 0.3 is 6.18 Å². The molecule has 5 rings (SSSR count). The van der Waals surface area contributed by atoms with Crippen LogP contribution in [0, 0.1) is 0 Å². The first-order chi connectivity index (χ1) is 16.8. The first-order valence-electron chi connectivity index (χ1n) is 11.4. The SMILES string of the molecule is O=C(C[C@H]1C(=O)N(CCN2CCOCC2)c2nc3ccccc3n21)Nc1ccccc1C(F)(F)F. The molecular formula is C24H24F3N5O3. The van der Waals surface area contributed by atoms with E-state index in [0.29, 0.717) is 43.3 Å². The van der Waals surface area contributed by atoms with Crippen LogP contribution in [0.25, 0.3) is 11.0 Å². The van der Waals surface area contributed by atoms with Crippen LogP contribution < -0.4 is 10.2 Å². The number of imidazole rings is 1. The van der Waals surface area contributed by atoms with Crippen molar-refractivity contribution in [1.29, 1.82) is 0 Å². The monoisotopic (exact) mass is 487 g/mol. The highest BCUT2D eigenvalue weighted by atomic mass is 19.4. The van der Waals surface area contributed by atoms with E-state index in [4.69, 9.17) is 4.74 Å². The average Bonchev–Trinajstić information content (AvgIpc) is 3.32. The molecule has 0 aliphatic carbocycles. The number of alkyl halides is 3. The number of ether oxygens (including phenoxy) is 1. The maximum Gasteiger partial charge on any atom is 0.418 e. The largest absolute Gasteiger partial charge is 0.418 e. The zero-order valence-electron chi connectivity index (χ0n) is 18.8. The zero-order valence-corrected chi connectivity index (χ0v) is 18.8. The maximum absolute atomic E-state index is 13.4. The highest BCUT2D eigenvalue weighted by Crippen LogP contribution is 2.38. The Morgan fingerprint density at radius 3 is 2.54 bits per heavy atom. The Morgan fingerprint density at radius 1 is 1.06 bits per heavy atom. The Bertz CT molecular complexity index is 1250. The van der Waals surface area contributed by atoms with Gasteiger partial charge in [-0.15, -0.1) is 0 Å². The van der Waals surface area contributed by atoms with Gasteiger partial charge in [0.15, 0.2) is 0 Å². The number of aromatic nitrogens is 2. The minimum Gasteiger partial charge on any atom is -0.379 e. The molecule has 1 fully saturated rings. The Labute approximate surface area is 199 Å². The van der Waals surface area contributed by atoms with E-state index >= 15 is 0 Å². The first kappa shape index (κ1) is 23.3. The molecule has 0 spiro atoms. The minimum atomic E-state index is -4.61. The molecule has 0 radical (unpaired) electrons. The third-order valence-corrected chi connectivity index (χ3v) is 6.31. The van der Waals surface area contributed by atoms with Crippen molar-refractivity contribution >= 4 is 34.5 Å². The summed E-state index contributed by atoms with van der Waals surface area (Å²) in [5.74, 6) is -0.539. The van der Waals surface area contributed by atoms with Gasteiger partial charge in [-0.25, -0.2) is 4.98 Å². The standard InChI is InChI=1S/C24H24F3N5O3/c25-24(26,27)16-5-1-2-6-17(16)28-21(33)15-20-22(34)31(10-9-30-11-13-35-14-12-30)23-29-18-7-3-4-8-19(18)32(20)23/h1-8,20H,9-15H2,(H,28,33)/t20-/m0/s1. The normalized spacial score (nSPS) is 18.8. The van der Waals surface area contributed by atoms with Gasteiger partial charge in [-0.1, -0.05) is 24.3 Å². The van der Waals surface area contributed by atoms with Crippen molar-refractivity contribution in [2.45, 2.75) is 18.6 Å². The lowest BCUT2D eigenvalue weighted by molar-refractivity contribution is -0.137. The van der Waals surface area contributed by atoms with Gasteiger partial charge in [0.2, 0.25) is 11.9 Å². The van der Waals surface area contributed by atoms with Gasteiger partial charge in [0, 0.05) is 26.2 Å². The summed E-state index contributed by atoms with van der Waals surface area (Å²) in [5.41, 5.74) is 0.0970. The van der Waals surface area contributed by atoms with E-state index < -0.39 is 23.7 Å². The summed E-state index contributed by atoms with van der Waals surface area (Å²) in [4.78, 5) is 34.7. The molecule has 2 amide bonds. The number of amides is 2. The van der Waals surface area contributed by atoms with Crippen LogP contribution in [0.2, 0.25) is 0 Å². The van der Waals surface area contributed by atoms with E-state index in [0.717, 1.165) is 19.2 Å². The molecule has 0 unspecified atom stereocenters. The van der Waals surface area contributed by atoms with Crippen LogP contribution in [0.4, 0.5) is 24.8 Å². The first-order valence-corrected chi connectivity index (χ1v) is 11.4. The van der Waals surface area contributed by atoms with E-state index in [2.05, 4.69) is 15.2 Å². The second-order valence-corrected chi connectivity index (χ2v) is 8.53. The van der Waals surface area contributed by atoms with Gasteiger partial charge in [0.25, 0.3) is 5.91 Å². The van der Waals surface area contributed by atoms with Gasteiger partial charge < -0.3 is 10.1 Å². The van der Waals surface area contributed by atoms with Crippen molar-refractivity contribution < 1.29 is 27.5 Å². The van der Waals surface area contributed by atoms with E-state index in [1.54, 1.807) is 9.47 Å². The van der Waals surface area contributed by atoms with Crippen molar-refractivity contribution in [1.82, 2.24) is 14.5 Å². The summed E-state index contributed by atoms with van der Waals surface area (Å²) in [6.07, 6.45) is -4.93. The number of halogens is 3. The highest BCUT2D eigenvalue weighted by Gasteiger charge is 2.41. The summed E-state index contributed by atoms with van der Waals surface area (Å²) in [5, 5.41) is 2.35. The molecule has 3 aromatic rings. The van der Waals surface area contributed by atoms with Crippen molar-refractivity contribution in [2.24, 2.45) is 0 Å². The van der Waals surface area contributed by atoms with Crippen molar-refractivity contribution in [3.8, 4) is 0 Å². The van der Waals surface area contributed by atoms with E-state index in [1.165, 1.54) is 18.2 Å². The lowest BCUT2D eigenvalue weighted by Gasteiger charge is -2.28. The number of fused-ring (bicyclic) bond motifs is 3. The molecule has 1 saturated heterocycles. The summed E-state index contributed by atoms with van der Waals surface area (Å²) in [6, 6.07) is 11.2. The van der Waals surface area contributed by atoms with Crippen LogP contribution in [0.15, 0.2) is 48.5 Å². The smallest absolute Gasteiger partial charge is 0.379 e. The summed E-state index contributed by atoms with van der Waals surface area (Å²) < 4.78 is 47.1. The maximum atomic E-state index is 13.4. The van der Waals surface area contributed by atoms with Crippen LogP contribution >= 0.6 is 0 Å². The Morgan fingerprint density at radius 2 is 1.77 bits per heavy atom. The Hall–Kier alpha value is -3.44. The summed E-state index contributed by atoms with van der Waals surface area (Å²) in [7, 11) is 0. The Balaban J connectivity index is 1.39. The number of rotatable bonds is 6. The molecule has 8 nitrogen and oxygen atoms in total. The third kappa shape index (κ3) is 4.61. The summed E-state index contributed by atoms with van der Waals surface area (Å²) in [6.45, 7) is 3.81. The highest BCUT2D eigenvalue weighted by molar-refractivity contribution is 6.05. The number of benzene rings is 2. The van der Waals surface area contributed by atoms with Gasteiger partial charge in [-0.3, -0.25) is 24.0 Å². The fourth-order valence-corrected chi connectivity index (χ4v) is 4.59. The molecule has 2 aliphatic heterocycles. The van der Waals surface area contributed by atoms with Gasteiger partial charge in [0.05, 0.1) is 41.9 Å². The number of hydrogen-bond donors (Lipinski definition) is 1. The van der Waals surface area contributed by atoms with E-state index in [1.807, 2.05) is 24.3 Å². The lowest BCUT2D eigenvalue weighted by atomic mass is 10.1. The van der Waals surface area contributed by atoms with Crippen molar-refractivity contribution in [3.05, 3.63) is 54.1 Å². The van der Waals surface area contributed by atoms with E-state index in [-0.39, 0.29) is 18.0 Å². The number of carbonyl (C=O) groups excluding carboxylic acids is 2. The molecule has 2 aromatic carbocycles. The molecule has 3 heterocycles. The second-order valence-electron chi connectivity index (χ2n) is 8.53. The minimum absolute atomic E-state index is 0.300. The molecule has 0 bridgehead atoms. The van der Waals surface area contributed by atoms with E-state index in [9.17, 15) is 22.8 Å². The fraction of sp³-hybridized carbons (Fsp3) is 0.375. The number of carbonyl (C=O) groups is 2. The van der Waals surface area contributed by atoms with Gasteiger partial charge in [0.1, 0.15) is 6.04 Å². The van der Waals surface area contributed by atoms with Crippen LogP contribution in [-0.2, 0) is 20.5 Å². The zero-order chi connectivity index (χ0) is 24.6. The van der Waals surface area contributed by atoms with Crippen LogP contribution in [0.3, 0.4) is 0 Å². The molecule has 184 valence electrons. The quantitative estimate of drug-likeness (QED) is 0.577. The molecule has 0 saturated carbocycles. The molecule has 1 atom stereocenters. The average molecular weight is 487 g/mol. The van der Waals surface area contributed by atoms with Crippen LogP contribution in [-0.4, -0.2) is 65.7 Å². The molecule has 35 heavy (non-hydrogen) atoms. The number of nitrogens with zero attached hydrogens (tertiary/aromatic N) is 4. The number of para-hydroxylation sites is 3. The van der Waals surface area contributed by atoms with Crippen LogP contribution in [0.5, 0.6) is 0 Å². The predicted molar refractivity (Wildman–Crippen MR) is 123 cm³/mol. The van der Waals surface area contributed by atoms with Crippen LogP contribution in [0.1, 0.15) is 18.0 Å². The molecule has 1 N–H and O–H groups in total. The van der Waals surface area contributed by atoms with Gasteiger partial charge in [-0.05, 0) is 24.3 Å². The summed E-state index contributed by atoms with van der Waals surface area (Å²) >= 11 is 0. The Kier molecular flexibility index (Phi) is 6.20. The number of anilines is 2.